The van der Waals surface area contributed by atoms with E-state index in [2.05, 4.69) is 5.10 Å². The number of nitrogens with zero attached hydrogens (tertiary/aromatic N) is 2. The molecular formula is C11H17ClN4. The van der Waals surface area contributed by atoms with Gasteiger partial charge in [-0.1, -0.05) is 50.1 Å². The Balaban J connectivity index is 0.000000181. The molecule has 0 amide bonds. The molecule has 0 atom stereocenters. The van der Waals surface area contributed by atoms with Crippen molar-refractivity contribution in [3.05, 3.63) is 22.8 Å². The molecule has 2 rings (SSSR count). The summed E-state index contributed by atoms with van der Waals surface area (Å²) < 4.78 is 1.07. The Labute approximate surface area is 100 Å². The normalized spacial score (nSPS) is 14.8. The topological polar surface area (TPSA) is 65.5 Å². The minimum atomic E-state index is 0.138. The summed E-state index contributed by atoms with van der Waals surface area (Å²) in [4.78, 5) is 0. The summed E-state index contributed by atoms with van der Waals surface area (Å²) in [6.07, 6.45) is 9.92. The Morgan fingerprint density at radius 2 is 1.62 bits per heavy atom. The fourth-order valence-electron chi connectivity index (χ4n) is 1.57. The molecular weight excluding hydrogens is 224 g/mol. The van der Waals surface area contributed by atoms with E-state index < -0.39 is 0 Å². The molecule has 1 saturated carbocycles. The summed E-state index contributed by atoms with van der Waals surface area (Å²) in [6.45, 7) is 0. The molecule has 1 heterocycles. The molecule has 88 valence electrons. The van der Waals surface area contributed by atoms with Crippen molar-refractivity contribution in [3.8, 4) is 0 Å². The second-order valence-corrected chi connectivity index (χ2v) is 4.12. The van der Waals surface area contributed by atoms with Crippen LogP contribution in [0, 0.1) is 10.8 Å². The van der Waals surface area contributed by atoms with Crippen molar-refractivity contribution in [3.63, 3.8) is 0 Å². The highest BCUT2D eigenvalue weighted by molar-refractivity contribution is 6.29. The third-order valence-electron chi connectivity index (χ3n) is 2.45. The van der Waals surface area contributed by atoms with Crippen LogP contribution in [0.25, 0.3) is 0 Å². The zero-order valence-electron chi connectivity index (χ0n) is 9.25. The van der Waals surface area contributed by atoms with Crippen LogP contribution < -0.4 is 5.49 Å². The third-order valence-corrected chi connectivity index (χ3v) is 2.65. The van der Waals surface area contributed by atoms with E-state index in [4.69, 9.17) is 22.4 Å². The van der Waals surface area contributed by atoms with Gasteiger partial charge in [0.25, 0.3) is 0 Å². The highest BCUT2D eigenvalue weighted by Gasteiger charge is 1.95. The van der Waals surface area contributed by atoms with Gasteiger partial charge in [0.1, 0.15) is 17.0 Å². The number of nitrogens with one attached hydrogen (secondary N) is 2. The van der Waals surface area contributed by atoms with Crippen molar-refractivity contribution in [2.45, 2.75) is 38.5 Å². The van der Waals surface area contributed by atoms with Gasteiger partial charge in [0.05, 0.1) is 0 Å². The smallest absolute Gasteiger partial charge is 0.150 e. The number of rotatable bonds is 1. The Bertz CT molecular complexity index is 370. The van der Waals surface area contributed by atoms with Crippen molar-refractivity contribution in [2.75, 3.05) is 0 Å². The lowest BCUT2D eigenvalue weighted by Gasteiger charge is -2.05. The SMILES string of the molecule is C1CCCCC1.N=Cn1nc(Cl)ccc1=N. The summed E-state index contributed by atoms with van der Waals surface area (Å²) in [7, 11) is 0. The number of hydrogen-bond donors (Lipinski definition) is 2. The first-order chi connectivity index (χ1) is 7.74. The molecule has 0 radical (unpaired) electrons. The summed E-state index contributed by atoms with van der Waals surface area (Å²) in [5, 5.41) is 17.9. The molecule has 4 nitrogen and oxygen atoms in total. The summed E-state index contributed by atoms with van der Waals surface area (Å²) in [6, 6.07) is 2.98. The molecule has 1 aromatic rings. The Morgan fingerprint density at radius 1 is 1.12 bits per heavy atom. The van der Waals surface area contributed by atoms with Gasteiger partial charge in [0.2, 0.25) is 0 Å². The van der Waals surface area contributed by atoms with Crippen molar-refractivity contribution < 1.29 is 0 Å². The summed E-state index contributed by atoms with van der Waals surface area (Å²) >= 11 is 5.48. The molecule has 0 saturated heterocycles. The van der Waals surface area contributed by atoms with Crippen LogP contribution in [0.15, 0.2) is 12.1 Å². The van der Waals surface area contributed by atoms with E-state index in [1.165, 1.54) is 50.7 Å². The maximum absolute atomic E-state index is 7.16. The molecule has 5 heteroatoms. The van der Waals surface area contributed by atoms with Crippen molar-refractivity contribution in [1.29, 1.82) is 10.8 Å². The lowest BCUT2D eigenvalue weighted by molar-refractivity contribution is 0.504. The van der Waals surface area contributed by atoms with E-state index in [1.54, 1.807) is 0 Å². The lowest BCUT2D eigenvalue weighted by Crippen LogP contribution is -2.20. The van der Waals surface area contributed by atoms with Gasteiger partial charge in [-0.15, -0.1) is 0 Å². The van der Waals surface area contributed by atoms with Gasteiger partial charge in [-0.25, -0.2) is 4.68 Å². The monoisotopic (exact) mass is 240 g/mol. The third kappa shape index (κ3) is 4.57. The molecule has 1 aromatic heterocycles. The quantitative estimate of drug-likeness (QED) is 0.575. The van der Waals surface area contributed by atoms with Gasteiger partial charge < -0.3 is 0 Å². The fraction of sp³-hybridized carbons (Fsp3) is 0.545. The average molecular weight is 241 g/mol. The Kier molecular flexibility index (Phi) is 5.78. The molecule has 0 spiro atoms. The maximum Gasteiger partial charge on any atom is 0.150 e. The van der Waals surface area contributed by atoms with Crippen LogP contribution in [-0.4, -0.2) is 16.1 Å². The van der Waals surface area contributed by atoms with Gasteiger partial charge in [0.15, 0.2) is 0 Å². The van der Waals surface area contributed by atoms with E-state index >= 15 is 0 Å². The van der Waals surface area contributed by atoms with E-state index in [0.717, 1.165) is 11.0 Å². The van der Waals surface area contributed by atoms with Gasteiger partial charge in [0, 0.05) is 0 Å². The second kappa shape index (κ2) is 7.17. The van der Waals surface area contributed by atoms with Crippen LogP contribution in [0.3, 0.4) is 0 Å². The lowest BCUT2D eigenvalue weighted by atomic mass is 10.0. The van der Waals surface area contributed by atoms with E-state index in [1.807, 2.05) is 0 Å². The van der Waals surface area contributed by atoms with Crippen LogP contribution in [0.2, 0.25) is 5.15 Å². The average Bonchev–Trinajstić information content (AvgIpc) is 2.35. The molecule has 1 aliphatic carbocycles. The van der Waals surface area contributed by atoms with Crippen LogP contribution in [0.4, 0.5) is 0 Å². The number of hydrogen-bond acceptors (Lipinski definition) is 3. The molecule has 16 heavy (non-hydrogen) atoms. The van der Waals surface area contributed by atoms with E-state index in [9.17, 15) is 0 Å². The minimum absolute atomic E-state index is 0.138. The first kappa shape index (κ1) is 12.9. The second-order valence-electron chi connectivity index (χ2n) is 3.74. The van der Waals surface area contributed by atoms with Gasteiger partial charge >= 0.3 is 0 Å². The van der Waals surface area contributed by atoms with E-state index in [0.29, 0.717) is 0 Å². The van der Waals surface area contributed by atoms with Gasteiger partial charge in [-0.3, -0.25) is 10.8 Å². The summed E-state index contributed by atoms with van der Waals surface area (Å²) in [5.74, 6) is 0. The Morgan fingerprint density at radius 3 is 2.00 bits per heavy atom. The highest BCUT2D eigenvalue weighted by Crippen LogP contribution is 2.15. The number of halogens is 1. The molecule has 1 fully saturated rings. The van der Waals surface area contributed by atoms with Crippen LogP contribution in [0.5, 0.6) is 0 Å². The van der Waals surface area contributed by atoms with Crippen LogP contribution in [0.1, 0.15) is 38.5 Å². The largest absolute Gasteiger partial charge is 0.289 e. The molecule has 0 aromatic carbocycles. The van der Waals surface area contributed by atoms with E-state index in [-0.39, 0.29) is 10.6 Å². The van der Waals surface area contributed by atoms with Crippen LogP contribution in [-0.2, 0) is 0 Å². The minimum Gasteiger partial charge on any atom is -0.289 e. The zero-order valence-corrected chi connectivity index (χ0v) is 10.0. The van der Waals surface area contributed by atoms with Crippen molar-refractivity contribution >= 4 is 17.9 Å². The molecule has 1 aliphatic rings. The number of aromatic nitrogens is 2. The summed E-state index contributed by atoms with van der Waals surface area (Å²) in [5.41, 5.74) is 0.138. The Hall–Kier alpha value is -1.16. The predicted octanol–water partition coefficient (Wildman–Crippen LogP) is 2.81. The molecule has 0 unspecified atom stereocenters. The van der Waals surface area contributed by atoms with Gasteiger partial charge in [-0.2, -0.15) is 5.10 Å². The van der Waals surface area contributed by atoms with Gasteiger partial charge in [-0.05, 0) is 12.1 Å². The first-order valence-corrected chi connectivity index (χ1v) is 5.92. The first-order valence-electron chi connectivity index (χ1n) is 5.54. The van der Waals surface area contributed by atoms with Crippen LogP contribution >= 0.6 is 11.6 Å². The van der Waals surface area contributed by atoms with Crippen molar-refractivity contribution in [2.24, 2.45) is 0 Å². The zero-order chi connectivity index (χ0) is 11.8. The molecule has 2 N–H and O–H groups in total. The predicted molar refractivity (Wildman–Crippen MR) is 65.0 cm³/mol. The fourth-order valence-corrected chi connectivity index (χ4v) is 1.72. The maximum atomic E-state index is 7.16. The molecule has 0 bridgehead atoms. The molecule has 0 aliphatic heterocycles. The standard InChI is InChI=1S/C6H12.C5H5ClN4/c1-2-4-6-5-3-1;6-4-1-2-5(8)10(3-7)9-4/h1-6H2;1-3,7-8H. The highest BCUT2D eigenvalue weighted by atomic mass is 35.5. The van der Waals surface area contributed by atoms with Crippen molar-refractivity contribution in [1.82, 2.24) is 9.78 Å².